The molecule has 2 aromatic rings. The van der Waals surface area contributed by atoms with E-state index in [2.05, 4.69) is 26.1 Å². The summed E-state index contributed by atoms with van der Waals surface area (Å²) in [5, 5.41) is 14.5. The lowest BCUT2D eigenvalue weighted by Gasteiger charge is -2.45. The number of anilines is 1. The number of hydrogen-bond acceptors (Lipinski definition) is 6. The third-order valence-corrected chi connectivity index (χ3v) is 7.21. The molecular weight excluding hydrogens is 440 g/mol. The maximum atomic E-state index is 13.7. The minimum Gasteiger partial charge on any atom is -0.468 e. The first kappa shape index (κ1) is 18.8. The standard InChI is InChI=1S/C21H21BrN2O5/c1-28-19(27)20(17(25)15-8-9-16(22)29-15)11-12-5-4-10-24(12)21(20)13-6-2-3-7-14(13)23-18(21)26/h2-3,6-9,12,17,25H,4-5,10-11H2,1H3,(H,23,26). The number of carbonyl (C=O) groups is 2. The molecule has 5 rings (SSSR count). The highest BCUT2D eigenvalue weighted by molar-refractivity contribution is 9.10. The minimum absolute atomic E-state index is 0.0148. The van der Waals surface area contributed by atoms with Gasteiger partial charge in [0.15, 0.2) is 4.67 Å². The number of para-hydroxylation sites is 1. The average Bonchev–Trinajstić information content (AvgIpc) is 3.46. The fraction of sp³-hybridized carbons (Fsp3) is 0.429. The van der Waals surface area contributed by atoms with Crippen molar-refractivity contribution in [2.24, 2.45) is 5.41 Å². The number of methoxy groups -OCH3 is 1. The monoisotopic (exact) mass is 460 g/mol. The summed E-state index contributed by atoms with van der Waals surface area (Å²) < 4.78 is 11.3. The van der Waals surface area contributed by atoms with E-state index in [1.807, 2.05) is 24.3 Å². The van der Waals surface area contributed by atoms with Crippen molar-refractivity contribution in [3.63, 3.8) is 0 Å². The normalized spacial score (nSPS) is 31.6. The van der Waals surface area contributed by atoms with Gasteiger partial charge < -0.3 is 19.6 Å². The molecule has 7 nitrogen and oxygen atoms in total. The van der Waals surface area contributed by atoms with E-state index in [0.29, 0.717) is 28.9 Å². The largest absolute Gasteiger partial charge is 0.468 e. The van der Waals surface area contributed by atoms with Gasteiger partial charge in [0.05, 0.1) is 7.11 Å². The van der Waals surface area contributed by atoms with Crippen LogP contribution in [-0.4, -0.2) is 41.6 Å². The Morgan fingerprint density at radius 1 is 1.38 bits per heavy atom. The van der Waals surface area contributed by atoms with E-state index in [1.165, 1.54) is 7.11 Å². The van der Waals surface area contributed by atoms with E-state index in [1.54, 1.807) is 12.1 Å². The summed E-state index contributed by atoms with van der Waals surface area (Å²) in [4.78, 5) is 29.2. The molecule has 2 fully saturated rings. The highest BCUT2D eigenvalue weighted by Gasteiger charge is 2.77. The van der Waals surface area contributed by atoms with Crippen LogP contribution in [0.3, 0.4) is 0 Å². The number of furan rings is 1. The molecular formula is C21H21BrN2O5. The van der Waals surface area contributed by atoms with Crippen LogP contribution in [0.25, 0.3) is 0 Å². The van der Waals surface area contributed by atoms with Crippen LogP contribution in [0.1, 0.15) is 36.7 Å². The molecule has 4 heterocycles. The number of rotatable bonds is 3. The Bertz CT molecular complexity index is 1010. The van der Waals surface area contributed by atoms with Crippen LogP contribution in [0.15, 0.2) is 45.5 Å². The van der Waals surface area contributed by atoms with Gasteiger partial charge in [0.1, 0.15) is 22.8 Å². The molecule has 2 N–H and O–H groups in total. The molecule has 3 aliphatic heterocycles. The Morgan fingerprint density at radius 2 is 2.17 bits per heavy atom. The molecule has 4 atom stereocenters. The van der Waals surface area contributed by atoms with Crippen LogP contribution in [-0.2, 0) is 19.9 Å². The van der Waals surface area contributed by atoms with E-state index >= 15 is 0 Å². The third-order valence-electron chi connectivity index (χ3n) is 6.78. The van der Waals surface area contributed by atoms with Crippen LogP contribution < -0.4 is 5.32 Å². The average molecular weight is 461 g/mol. The van der Waals surface area contributed by atoms with E-state index in [0.717, 1.165) is 12.8 Å². The van der Waals surface area contributed by atoms with Gasteiger partial charge in [-0.25, -0.2) is 0 Å². The zero-order valence-corrected chi connectivity index (χ0v) is 17.4. The molecule has 0 bridgehead atoms. The van der Waals surface area contributed by atoms with Crippen molar-refractivity contribution >= 4 is 33.5 Å². The van der Waals surface area contributed by atoms with Gasteiger partial charge in [-0.1, -0.05) is 18.2 Å². The van der Waals surface area contributed by atoms with E-state index < -0.39 is 23.0 Å². The zero-order chi connectivity index (χ0) is 20.4. The van der Waals surface area contributed by atoms with E-state index in [4.69, 9.17) is 9.15 Å². The fourth-order valence-corrected chi connectivity index (χ4v) is 6.11. The number of halogens is 1. The fourth-order valence-electron chi connectivity index (χ4n) is 5.79. The first-order valence-corrected chi connectivity index (χ1v) is 10.5. The van der Waals surface area contributed by atoms with Crippen molar-refractivity contribution in [3.8, 4) is 0 Å². The van der Waals surface area contributed by atoms with Crippen LogP contribution in [0.2, 0.25) is 0 Å². The summed E-state index contributed by atoms with van der Waals surface area (Å²) >= 11 is 3.26. The number of aliphatic hydroxyl groups excluding tert-OH is 1. The van der Waals surface area contributed by atoms with Gasteiger partial charge in [0.25, 0.3) is 5.91 Å². The molecule has 1 amide bonds. The molecule has 4 unspecified atom stereocenters. The van der Waals surface area contributed by atoms with Crippen molar-refractivity contribution in [2.45, 2.75) is 36.9 Å². The quantitative estimate of drug-likeness (QED) is 0.684. The lowest BCUT2D eigenvalue weighted by atomic mass is 9.62. The molecule has 1 spiro atoms. The Hall–Kier alpha value is -2.16. The Kier molecular flexibility index (Phi) is 4.17. The van der Waals surface area contributed by atoms with Crippen LogP contribution in [0, 0.1) is 5.41 Å². The molecule has 152 valence electrons. The van der Waals surface area contributed by atoms with Crippen LogP contribution in [0.4, 0.5) is 5.69 Å². The summed E-state index contributed by atoms with van der Waals surface area (Å²) in [6.45, 7) is 0.666. The number of aliphatic hydroxyl groups is 1. The van der Waals surface area contributed by atoms with Gasteiger partial charge in [-0.3, -0.25) is 14.5 Å². The smallest absolute Gasteiger partial charge is 0.317 e. The highest BCUT2D eigenvalue weighted by Crippen LogP contribution is 2.66. The number of nitrogens with one attached hydrogen (secondary N) is 1. The predicted octanol–water partition coefficient (Wildman–Crippen LogP) is 2.95. The molecule has 8 heteroatoms. The third kappa shape index (κ3) is 2.19. The summed E-state index contributed by atoms with van der Waals surface area (Å²) in [6.07, 6.45) is 0.733. The number of benzene rings is 1. The SMILES string of the molecule is COC(=O)C1(C(O)c2ccc(Br)o2)CC2CCCN2C12C(=O)Nc1ccccc12. The molecule has 2 saturated heterocycles. The second kappa shape index (κ2) is 6.42. The first-order valence-electron chi connectivity index (χ1n) is 9.66. The Morgan fingerprint density at radius 3 is 2.90 bits per heavy atom. The Balaban J connectivity index is 1.82. The molecule has 1 aromatic heterocycles. The number of fused-ring (bicyclic) bond motifs is 4. The van der Waals surface area contributed by atoms with Crippen LogP contribution >= 0.6 is 15.9 Å². The van der Waals surface area contributed by atoms with Crippen molar-refractivity contribution in [1.82, 2.24) is 4.90 Å². The molecule has 0 saturated carbocycles. The molecule has 0 radical (unpaired) electrons. The molecule has 0 aliphatic carbocycles. The first-order chi connectivity index (χ1) is 14.0. The van der Waals surface area contributed by atoms with E-state index in [-0.39, 0.29) is 17.7 Å². The number of amides is 1. The number of hydrogen-bond donors (Lipinski definition) is 2. The number of esters is 1. The van der Waals surface area contributed by atoms with Gasteiger partial charge in [-0.05, 0) is 59.9 Å². The maximum Gasteiger partial charge on any atom is 0.317 e. The number of carbonyl (C=O) groups excluding carboxylic acids is 2. The van der Waals surface area contributed by atoms with Gasteiger partial charge in [0, 0.05) is 17.3 Å². The van der Waals surface area contributed by atoms with Crippen molar-refractivity contribution < 1.29 is 23.8 Å². The van der Waals surface area contributed by atoms with Crippen molar-refractivity contribution in [1.29, 1.82) is 0 Å². The van der Waals surface area contributed by atoms with Gasteiger partial charge in [-0.2, -0.15) is 0 Å². The lowest BCUT2D eigenvalue weighted by molar-refractivity contribution is -0.177. The predicted molar refractivity (Wildman–Crippen MR) is 107 cm³/mol. The van der Waals surface area contributed by atoms with Crippen molar-refractivity contribution in [2.75, 3.05) is 19.0 Å². The second-order valence-electron chi connectivity index (χ2n) is 7.91. The molecule has 29 heavy (non-hydrogen) atoms. The minimum atomic E-state index is -1.54. The summed E-state index contributed by atoms with van der Waals surface area (Å²) in [7, 11) is 1.30. The summed E-state index contributed by atoms with van der Waals surface area (Å²) in [6, 6.07) is 10.6. The lowest BCUT2D eigenvalue weighted by Crippen LogP contribution is -2.61. The molecule has 3 aliphatic rings. The van der Waals surface area contributed by atoms with Crippen molar-refractivity contribution in [3.05, 3.63) is 52.4 Å². The number of nitrogens with zero attached hydrogens (tertiary/aromatic N) is 1. The van der Waals surface area contributed by atoms with Gasteiger partial charge in [-0.15, -0.1) is 0 Å². The van der Waals surface area contributed by atoms with Crippen LogP contribution in [0.5, 0.6) is 0 Å². The summed E-state index contributed by atoms with van der Waals surface area (Å²) in [5.41, 5.74) is -1.55. The number of ether oxygens (including phenoxy) is 1. The van der Waals surface area contributed by atoms with Gasteiger partial charge >= 0.3 is 5.97 Å². The highest BCUT2D eigenvalue weighted by atomic mass is 79.9. The second-order valence-corrected chi connectivity index (χ2v) is 8.69. The molecule has 1 aromatic carbocycles. The van der Waals surface area contributed by atoms with E-state index in [9.17, 15) is 14.7 Å². The maximum absolute atomic E-state index is 13.7. The van der Waals surface area contributed by atoms with Gasteiger partial charge in [0.2, 0.25) is 0 Å². The Labute approximate surface area is 176 Å². The summed E-state index contributed by atoms with van der Waals surface area (Å²) in [5.74, 6) is -0.697. The zero-order valence-electron chi connectivity index (χ0n) is 15.9. The topological polar surface area (TPSA) is 92.0 Å².